The highest BCUT2D eigenvalue weighted by atomic mass is 32.1. The normalized spacial score (nSPS) is 10.7. The van der Waals surface area contributed by atoms with Gasteiger partial charge in [0.1, 0.15) is 17.4 Å². The number of carbonyl (C=O) groups is 1. The summed E-state index contributed by atoms with van der Waals surface area (Å²) in [4.78, 5) is 17.5. The molecule has 26 heavy (non-hydrogen) atoms. The van der Waals surface area contributed by atoms with Crippen LogP contribution in [0.3, 0.4) is 0 Å². The molecule has 1 amide bonds. The number of carbonyl (C=O) groups excluding carboxylic acids is 1. The summed E-state index contributed by atoms with van der Waals surface area (Å²) >= 11 is 1.27. The minimum Gasteiger partial charge on any atom is -0.496 e. The maximum Gasteiger partial charge on any atom is 0.260 e. The van der Waals surface area contributed by atoms with E-state index in [9.17, 15) is 13.6 Å². The van der Waals surface area contributed by atoms with Crippen LogP contribution in [0.2, 0.25) is 0 Å². The zero-order valence-corrected chi connectivity index (χ0v) is 15.2. The van der Waals surface area contributed by atoms with Crippen LogP contribution in [-0.2, 0) is 0 Å². The molecule has 4 nitrogen and oxygen atoms in total. The van der Waals surface area contributed by atoms with Crippen molar-refractivity contribution < 1.29 is 18.3 Å². The number of hydrogen-bond donors (Lipinski definition) is 1. The number of nitrogens with zero attached hydrogens (tertiary/aromatic N) is 1. The van der Waals surface area contributed by atoms with Crippen LogP contribution in [0.15, 0.2) is 36.4 Å². The highest BCUT2D eigenvalue weighted by molar-refractivity contribution is 7.16. The number of aromatic nitrogens is 1. The van der Waals surface area contributed by atoms with Crippen LogP contribution in [0, 0.1) is 25.5 Å². The van der Waals surface area contributed by atoms with E-state index in [0.717, 1.165) is 45.6 Å². The van der Waals surface area contributed by atoms with Crippen LogP contribution in [0.5, 0.6) is 5.75 Å². The Kier molecular flexibility index (Phi) is 4.99. The van der Waals surface area contributed by atoms with Crippen LogP contribution in [-0.4, -0.2) is 18.0 Å². The van der Waals surface area contributed by atoms with Gasteiger partial charge in [-0.25, -0.2) is 13.8 Å². The van der Waals surface area contributed by atoms with Gasteiger partial charge in [-0.1, -0.05) is 0 Å². The largest absolute Gasteiger partial charge is 0.496 e. The van der Waals surface area contributed by atoms with Gasteiger partial charge in [0.05, 0.1) is 18.4 Å². The van der Waals surface area contributed by atoms with Crippen molar-refractivity contribution in [3.8, 4) is 17.0 Å². The minimum atomic E-state index is -0.789. The van der Waals surface area contributed by atoms with Crippen LogP contribution < -0.4 is 10.1 Å². The predicted molar refractivity (Wildman–Crippen MR) is 97.9 cm³/mol. The van der Waals surface area contributed by atoms with Gasteiger partial charge in [-0.3, -0.25) is 10.1 Å². The molecular formula is C19H16F2N2O2S. The number of amides is 1. The second kappa shape index (κ2) is 7.21. The lowest BCUT2D eigenvalue weighted by Crippen LogP contribution is -2.13. The quantitative estimate of drug-likeness (QED) is 0.702. The van der Waals surface area contributed by atoms with Gasteiger partial charge in [-0.15, -0.1) is 11.3 Å². The highest BCUT2D eigenvalue weighted by Crippen LogP contribution is 2.33. The molecule has 1 N–H and O–H groups in total. The highest BCUT2D eigenvalue weighted by Gasteiger charge is 2.17. The van der Waals surface area contributed by atoms with Gasteiger partial charge >= 0.3 is 0 Å². The Morgan fingerprint density at radius 1 is 1.15 bits per heavy atom. The van der Waals surface area contributed by atoms with Crippen molar-refractivity contribution in [2.45, 2.75) is 13.8 Å². The van der Waals surface area contributed by atoms with Crippen molar-refractivity contribution in [3.63, 3.8) is 0 Å². The Balaban J connectivity index is 1.87. The Morgan fingerprint density at radius 2 is 1.92 bits per heavy atom. The molecule has 0 saturated heterocycles. The van der Waals surface area contributed by atoms with Crippen LogP contribution in [0.25, 0.3) is 11.3 Å². The van der Waals surface area contributed by atoms with E-state index in [2.05, 4.69) is 10.3 Å². The third-order valence-corrected chi connectivity index (χ3v) is 4.74. The number of methoxy groups -OCH3 is 1. The fraction of sp³-hybridized carbons (Fsp3) is 0.158. The topological polar surface area (TPSA) is 51.2 Å². The number of rotatable bonds is 4. The summed E-state index contributed by atoms with van der Waals surface area (Å²) in [5.41, 5.74) is 2.20. The lowest BCUT2D eigenvalue weighted by atomic mass is 10.1. The Morgan fingerprint density at radius 3 is 2.62 bits per heavy atom. The second-order valence-corrected chi connectivity index (χ2v) is 6.89. The predicted octanol–water partition coefficient (Wildman–Crippen LogP) is 4.97. The third kappa shape index (κ3) is 3.57. The molecule has 1 heterocycles. The van der Waals surface area contributed by atoms with Crippen LogP contribution in [0.1, 0.15) is 20.8 Å². The van der Waals surface area contributed by atoms with E-state index in [1.165, 1.54) is 11.3 Å². The third-order valence-electron chi connectivity index (χ3n) is 3.86. The maximum atomic E-state index is 13.7. The molecule has 2 aromatic carbocycles. The number of nitrogens with one attached hydrogen (secondary N) is 1. The number of thiazole rings is 1. The molecule has 0 saturated carbocycles. The van der Waals surface area contributed by atoms with E-state index in [4.69, 9.17) is 4.74 Å². The van der Waals surface area contributed by atoms with E-state index in [0.29, 0.717) is 5.13 Å². The van der Waals surface area contributed by atoms with Gasteiger partial charge in [-0.05, 0) is 55.8 Å². The first-order valence-corrected chi connectivity index (χ1v) is 8.59. The standard InChI is InChI=1S/C19H16F2N2O2S/c1-10-8-12(4-7-16(10)25-3)17-11(2)26-19(22-17)23-18(24)14-9-13(20)5-6-15(14)21/h4-9H,1-3H3,(H,22,23,24). The molecule has 3 aromatic rings. The van der Waals surface area contributed by atoms with E-state index in [-0.39, 0.29) is 5.56 Å². The number of hydrogen-bond acceptors (Lipinski definition) is 4. The summed E-state index contributed by atoms with van der Waals surface area (Å²) in [6, 6.07) is 8.42. The number of halogens is 2. The molecular weight excluding hydrogens is 358 g/mol. The molecule has 0 aliphatic carbocycles. The zero-order valence-electron chi connectivity index (χ0n) is 14.4. The Hall–Kier alpha value is -2.80. The van der Waals surface area contributed by atoms with E-state index in [1.807, 2.05) is 32.0 Å². The van der Waals surface area contributed by atoms with Gasteiger partial charge in [-0.2, -0.15) is 0 Å². The number of anilines is 1. The van der Waals surface area contributed by atoms with Crippen molar-refractivity contribution in [3.05, 3.63) is 64.0 Å². The number of ether oxygens (including phenoxy) is 1. The van der Waals surface area contributed by atoms with Crippen LogP contribution in [0.4, 0.5) is 13.9 Å². The lowest BCUT2D eigenvalue weighted by molar-refractivity contribution is 0.102. The van der Waals surface area contributed by atoms with Crippen molar-refractivity contribution in [1.29, 1.82) is 0 Å². The molecule has 3 rings (SSSR count). The average Bonchev–Trinajstić information content (AvgIpc) is 2.97. The van der Waals surface area contributed by atoms with Gasteiger partial charge in [0.15, 0.2) is 5.13 Å². The Labute approximate surface area is 153 Å². The van der Waals surface area contributed by atoms with Gasteiger partial charge in [0.2, 0.25) is 0 Å². The maximum absolute atomic E-state index is 13.7. The molecule has 0 atom stereocenters. The van der Waals surface area contributed by atoms with E-state index >= 15 is 0 Å². The number of aryl methyl sites for hydroxylation is 2. The van der Waals surface area contributed by atoms with Crippen LogP contribution >= 0.6 is 11.3 Å². The first kappa shape index (κ1) is 18.0. The monoisotopic (exact) mass is 374 g/mol. The van der Waals surface area contributed by atoms with Crippen molar-refractivity contribution >= 4 is 22.4 Å². The summed E-state index contributed by atoms with van der Waals surface area (Å²) in [5, 5.41) is 2.85. The molecule has 0 aliphatic rings. The Bertz CT molecular complexity index is 986. The molecule has 0 radical (unpaired) electrons. The zero-order chi connectivity index (χ0) is 18.8. The van der Waals surface area contributed by atoms with Crippen molar-refractivity contribution in [2.75, 3.05) is 12.4 Å². The van der Waals surface area contributed by atoms with Gasteiger partial charge in [0.25, 0.3) is 5.91 Å². The first-order chi connectivity index (χ1) is 12.4. The molecule has 0 aliphatic heterocycles. The smallest absolute Gasteiger partial charge is 0.260 e. The first-order valence-electron chi connectivity index (χ1n) is 7.78. The molecule has 0 unspecified atom stereocenters. The van der Waals surface area contributed by atoms with Gasteiger partial charge in [0, 0.05) is 10.4 Å². The molecule has 1 aromatic heterocycles. The van der Waals surface area contributed by atoms with E-state index < -0.39 is 17.5 Å². The molecule has 134 valence electrons. The average molecular weight is 374 g/mol. The lowest BCUT2D eigenvalue weighted by Gasteiger charge is -2.06. The molecule has 0 fully saturated rings. The SMILES string of the molecule is COc1ccc(-c2nc(NC(=O)c3cc(F)ccc3F)sc2C)cc1C. The van der Waals surface area contributed by atoms with Crippen molar-refractivity contribution in [2.24, 2.45) is 0 Å². The summed E-state index contributed by atoms with van der Waals surface area (Å²) in [6.07, 6.45) is 0. The summed E-state index contributed by atoms with van der Waals surface area (Å²) in [7, 11) is 1.61. The summed E-state index contributed by atoms with van der Waals surface area (Å²) in [5.74, 6) is -1.44. The second-order valence-electron chi connectivity index (χ2n) is 5.69. The minimum absolute atomic E-state index is 0.319. The number of benzene rings is 2. The molecule has 0 spiro atoms. The molecule has 7 heteroatoms. The van der Waals surface area contributed by atoms with Gasteiger partial charge < -0.3 is 4.74 Å². The summed E-state index contributed by atoms with van der Waals surface area (Å²) < 4.78 is 32.3. The fourth-order valence-electron chi connectivity index (χ4n) is 2.58. The molecule has 0 bridgehead atoms. The van der Waals surface area contributed by atoms with Crippen molar-refractivity contribution in [1.82, 2.24) is 4.98 Å². The van der Waals surface area contributed by atoms with E-state index in [1.54, 1.807) is 7.11 Å². The summed E-state index contributed by atoms with van der Waals surface area (Å²) in [6.45, 7) is 3.81. The fourth-order valence-corrected chi connectivity index (χ4v) is 3.41.